The molecular weight excluding hydrogens is 406 g/mol. The van der Waals surface area contributed by atoms with Crippen LogP contribution in [0.15, 0.2) is 24.3 Å². The van der Waals surface area contributed by atoms with Crippen LogP contribution in [0.5, 0.6) is 0 Å². The third kappa shape index (κ3) is 7.90. The number of hydrazine groups is 2. The van der Waals surface area contributed by atoms with Crippen molar-refractivity contribution in [2.75, 3.05) is 44.3 Å². The van der Waals surface area contributed by atoms with Gasteiger partial charge in [-0.1, -0.05) is 12.1 Å². The van der Waals surface area contributed by atoms with Gasteiger partial charge in [-0.15, -0.1) is 0 Å². The maximum atomic E-state index is 5.44. The molecule has 1 aliphatic heterocycles. The number of nitrogens with zero attached hydrogens (tertiary/aromatic N) is 1. The number of hydrogen-bond donors (Lipinski definition) is 6. The van der Waals surface area contributed by atoms with Crippen molar-refractivity contribution in [2.24, 2.45) is 0 Å². The molecule has 0 bridgehead atoms. The first-order valence-corrected chi connectivity index (χ1v) is 10.9. The number of rotatable bonds is 9. The highest BCUT2D eigenvalue weighted by atomic mass is 32.1. The first kappa shape index (κ1) is 23.6. The number of thiocarbonyl (C=S) groups is 2. The van der Waals surface area contributed by atoms with Crippen molar-refractivity contribution in [3.8, 4) is 0 Å². The molecule has 0 amide bonds. The van der Waals surface area contributed by atoms with E-state index in [1.54, 1.807) is 0 Å². The van der Waals surface area contributed by atoms with E-state index >= 15 is 0 Å². The molecule has 0 radical (unpaired) electrons. The Morgan fingerprint density at radius 2 is 1.52 bits per heavy atom. The second-order valence-corrected chi connectivity index (χ2v) is 7.53. The molecule has 2 rings (SSSR count). The fourth-order valence-corrected chi connectivity index (χ4v) is 3.43. The van der Waals surface area contributed by atoms with Crippen LogP contribution in [0.2, 0.25) is 0 Å². The van der Waals surface area contributed by atoms with E-state index < -0.39 is 0 Å². The zero-order valence-electron chi connectivity index (χ0n) is 17.4. The van der Waals surface area contributed by atoms with Gasteiger partial charge in [0.05, 0.1) is 19.3 Å². The van der Waals surface area contributed by atoms with Gasteiger partial charge in [0.25, 0.3) is 0 Å². The van der Waals surface area contributed by atoms with Crippen LogP contribution in [0.4, 0.5) is 5.69 Å². The Morgan fingerprint density at radius 1 is 0.966 bits per heavy atom. The average Bonchev–Trinajstić information content (AvgIpc) is 2.74. The molecular formula is C19H33N7OS2. The quantitative estimate of drug-likeness (QED) is 0.247. The summed E-state index contributed by atoms with van der Waals surface area (Å²) in [7, 11) is 0. The van der Waals surface area contributed by atoms with Crippen LogP contribution in [-0.4, -0.2) is 55.7 Å². The summed E-state index contributed by atoms with van der Waals surface area (Å²) in [5.41, 5.74) is 15.0. The number of morpholine rings is 1. The minimum Gasteiger partial charge on any atom is -0.378 e. The first-order valence-electron chi connectivity index (χ1n) is 10.1. The minimum atomic E-state index is -0.0535. The van der Waals surface area contributed by atoms with Crippen LogP contribution in [0.1, 0.15) is 32.4 Å². The maximum absolute atomic E-state index is 5.44. The van der Waals surface area contributed by atoms with Crippen molar-refractivity contribution >= 4 is 40.3 Å². The summed E-state index contributed by atoms with van der Waals surface area (Å²) in [5.74, 6) is 0. The lowest BCUT2D eigenvalue weighted by Gasteiger charge is -2.30. The fourth-order valence-electron chi connectivity index (χ4n) is 3.03. The summed E-state index contributed by atoms with van der Waals surface area (Å²) in [6, 6.07) is 8.55. The molecule has 1 aromatic carbocycles. The fraction of sp³-hybridized carbons (Fsp3) is 0.579. The minimum absolute atomic E-state index is 0.0118. The van der Waals surface area contributed by atoms with E-state index in [-0.39, 0.29) is 12.1 Å². The Hall–Kier alpha value is -1.72. The zero-order valence-corrected chi connectivity index (χ0v) is 19.0. The number of nitrogens with one attached hydrogen (secondary N) is 6. The summed E-state index contributed by atoms with van der Waals surface area (Å²) >= 11 is 10.5. The number of benzene rings is 1. The average molecular weight is 440 g/mol. The van der Waals surface area contributed by atoms with Crippen molar-refractivity contribution in [1.29, 1.82) is 0 Å². The first-order chi connectivity index (χ1) is 14.0. The number of anilines is 1. The molecule has 1 heterocycles. The van der Waals surface area contributed by atoms with Crippen LogP contribution in [0, 0.1) is 0 Å². The van der Waals surface area contributed by atoms with E-state index in [4.69, 9.17) is 29.2 Å². The lowest BCUT2D eigenvalue weighted by atomic mass is 10.0. The molecule has 0 aliphatic carbocycles. The van der Waals surface area contributed by atoms with Crippen molar-refractivity contribution < 1.29 is 4.74 Å². The largest absolute Gasteiger partial charge is 0.378 e. The Kier molecular flexibility index (Phi) is 10.4. The highest BCUT2D eigenvalue weighted by molar-refractivity contribution is 7.80. The molecule has 29 heavy (non-hydrogen) atoms. The van der Waals surface area contributed by atoms with Crippen molar-refractivity contribution in [3.05, 3.63) is 29.8 Å². The van der Waals surface area contributed by atoms with E-state index in [1.807, 2.05) is 13.8 Å². The van der Waals surface area contributed by atoms with E-state index in [1.165, 1.54) is 5.69 Å². The van der Waals surface area contributed by atoms with Gasteiger partial charge in [-0.05, 0) is 62.9 Å². The lowest BCUT2D eigenvalue weighted by Crippen LogP contribution is -2.55. The number of hydrogen-bond acceptors (Lipinski definition) is 6. The molecule has 6 N–H and O–H groups in total. The van der Waals surface area contributed by atoms with Gasteiger partial charge in [-0.25, -0.2) is 10.9 Å². The zero-order chi connectivity index (χ0) is 21.1. The third-order valence-corrected chi connectivity index (χ3v) is 5.05. The van der Waals surface area contributed by atoms with E-state index in [0.29, 0.717) is 10.2 Å². The predicted octanol–water partition coefficient (Wildman–Crippen LogP) is 0.930. The van der Waals surface area contributed by atoms with Gasteiger partial charge in [-0.2, -0.15) is 0 Å². The number of ether oxygens (including phenoxy) is 1. The van der Waals surface area contributed by atoms with Gasteiger partial charge in [-0.3, -0.25) is 10.9 Å². The molecule has 0 spiro atoms. The van der Waals surface area contributed by atoms with Crippen molar-refractivity contribution in [2.45, 2.75) is 32.9 Å². The molecule has 0 aromatic heterocycles. The Bertz CT molecular complexity index is 638. The monoisotopic (exact) mass is 439 g/mol. The topological polar surface area (TPSA) is 84.6 Å². The molecule has 2 atom stereocenters. The van der Waals surface area contributed by atoms with Crippen molar-refractivity contribution in [1.82, 2.24) is 32.3 Å². The van der Waals surface area contributed by atoms with Gasteiger partial charge in [0, 0.05) is 37.9 Å². The smallest absolute Gasteiger partial charge is 0.180 e. The molecule has 10 heteroatoms. The van der Waals surface area contributed by atoms with Gasteiger partial charge in [0.15, 0.2) is 10.2 Å². The standard InChI is InChI=1S/C19H33N7OS2/c1-4-20-18(28)24-22-14(3)17(23-25-19(29)21-5-2)15-6-8-16(9-7-15)26-10-12-27-13-11-26/h6-9,14,17,22-23H,4-5,10-13H2,1-3H3,(H2,20,24,28)(H2,21,25,29). The second kappa shape index (κ2) is 12.8. The molecule has 1 saturated heterocycles. The SMILES string of the molecule is CCNC(=S)NNC(C)C(NNC(=S)NCC)c1ccc(N2CCOCC2)cc1. The van der Waals surface area contributed by atoms with Gasteiger partial charge in [0.2, 0.25) is 0 Å². The van der Waals surface area contributed by atoms with Crippen LogP contribution in [0.3, 0.4) is 0 Å². The van der Waals surface area contributed by atoms with Crippen LogP contribution < -0.4 is 37.2 Å². The third-order valence-electron chi connectivity index (χ3n) is 4.56. The van der Waals surface area contributed by atoms with Gasteiger partial charge >= 0.3 is 0 Å². The highest BCUT2D eigenvalue weighted by Crippen LogP contribution is 2.22. The molecule has 0 saturated carbocycles. The molecule has 162 valence electrons. The molecule has 1 fully saturated rings. The summed E-state index contributed by atoms with van der Waals surface area (Å²) in [5, 5.41) is 7.28. The summed E-state index contributed by atoms with van der Waals surface area (Å²) in [6.45, 7) is 11.0. The van der Waals surface area contributed by atoms with E-state index in [0.717, 1.165) is 45.0 Å². The van der Waals surface area contributed by atoms with E-state index in [9.17, 15) is 0 Å². The Labute approximate surface area is 184 Å². The maximum Gasteiger partial charge on any atom is 0.180 e. The molecule has 2 unspecified atom stereocenters. The van der Waals surface area contributed by atoms with Crippen LogP contribution in [0.25, 0.3) is 0 Å². The van der Waals surface area contributed by atoms with E-state index in [2.05, 4.69) is 68.4 Å². The second-order valence-electron chi connectivity index (χ2n) is 6.71. The van der Waals surface area contributed by atoms with Gasteiger partial charge in [0.1, 0.15) is 0 Å². The molecule has 1 aliphatic rings. The summed E-state index contributed by atoms with van der Waals surface area (Å²) < 4.78 is 5.44. The summed E-state index contributed by atoms with van der Waals surface area (Å²) in [6.07, 6.45) is 0. The summed E-state index contributed by atoms with van der Waals surface area (Å²) in [4.78, 5) is 2.34. The van der Waals surface area contributed by atoms with Crippen LogP contribution >= 0.6 is 24.4 Å². The van der Waals surface area contributed by atoms with Gasteiger partial charge < -0.3 is 20.3 Å². The predicted molar refractivity (Wildman–Crippen MR) is 127 cm³/mol. The van der Waals surface area contributed by atoms with Crippen molar-refractivity contribution in [3.63, 3.8) is 0 Å². The molecule has 1 aromatic rings. The Balaban J connectivity index is 2.05. The molecule has 8 nitrogen and oxygen atoms in total. The highest BCUT2D eigenvalue weighted by Gasteiger charge is 2.20. The Morgan fingerprint density at radius 3 is 2.07 bits per heavy atom. The normalized spacial score (nSPS) is 15.9. The lowest BCUT2D eigenvalue weighted by molar-refractivity contribution is 0.122. The van der Waals surface area contributed by atoms with Crippen LogP contribution in [-0.2, 0) is 4.74 Å².